The lowest BCUT2D eigenvalue weighted by Gasteiger charge is -2.23. The molecule has 40 heavy (non-hydrogen) atoms. The molecule has 0 bridgehead atoms. The topological polar surface area (TPSA) is 139 Å². The monoisotopic (exact) mass is 561 g/mol. The van der Waals surface area contributed by atoms with Crippen LogP contribution in [0.2, 0.25) is 0 Å². The number of halogens is 1. The minimum absolute atomic E-state index is 0.246. The fourth-order valence-electron chi connectivity index (χ4n) is 4.63. The van der Waals surface area contributed by atoms with E-state index in [2.05, 4.69) is 21.0 Å². The van der Waals surface area contributed by atoms with Crippen molar-refractivity contribution >= 4 is 9.84 Å². The normalized spacial score (nSPS) is 12.2. The van der Waals surface area contributed by atoms with Crippen LogP contribution in [0.5, 0.6) is 5.88 Å². The number of sulfone groups is 1. The van der Waals surface area contributed by atoms with Gasteiger partial charge in [-0.1, -0.05) is 32.4 Å². The van der Waals surface area contributed by atoms with Crippen molar-refractivity contribution < 1.29 is 17.9 Å². The van der Waals surface area contributed by atoms with Crippen molar-refractivity contribution in [1.82, 2.24) is 19.5 Å². The Bertz CT molecular complexity index is 1760. The van der Waals surface area contributed by atoms with Gasteiger partial charge in [-0.25, -0.2) is 18.4 Å². The molecule has 0 spiro atoms. The Labute approximate surface area is 231 Å². The molecule has 1 N–H and O–H groups in total. The van der Waals surface area contributed by atoms with Gasteiger partial charge in [-0.05, 0) is 61.2 Å². The summed E-state index contributed by atoms with van der Waals surface area (Å²) in [6.45, 7) is 5.35. The lowest BCUT2D eigenvalue weighted by molar-refractivity contribution is 0.406. The first-order chi connectivity index (χ1) is 19.1. The number of hydrogen-bond acceptors (Lipinski definition) is 8. The second-order valence-electron chi connectivity index (χ2n) is 9.28. The molecular weight excluding hydrogens is 533 g/mol. The molecule has 0 amide bonds. The minimum atomic E-state index is -4.61. The van der Waals surface area contributed by atoms with Gasteiger partial charge in [0.1, 0.15) is 5.82 Å². The molecule has 0 fully saturated rings. The van der Waals surface area contributed by atoms with Crippen molar-refractivity contribution in [3.8, 4) is 23.1 Å². The summed E-state index contributed by atoms with van der Waals surface area (Å²) in [5, 5.41) is 19.7. The van der Waals surface area contributed by atoms with Crippen LogP contribution in [0.3, 0.4) is 0 Å². The quantitative estimate of drug-likeness (QED) is 0.285. The Morgan fingerprint density at radius 3 is 2.58 bits per heavy atom. The van der Waals surface area contributed by atoms with E-state index in [9.17, 15) is 28.0 Å². The van der Waals surface area contributed by atoms with Gasteiger partial charge in [0, 0.05) is 29.9 Å². The largest absolute Gasteiger partial charge is 0.492 e. The van der Waals surface area contributed by atoms with Crippen LogP contribution < -0.4 is 5.56 Å². The summed E-state index contributed by atoms with van der Waals surface area (Å²) in [5.41, 5.74) is 1.33. The fourth-order valence-corrected chi connectivity index (χ4v) is 5.89. The molecule has 1 atom stereocenters. The molecule has 3 heterocycles. The van der Waals surface area contributed by atoms with Crippen LogP contribution in [-0.2, 0) is 16.3 Å². The van der Waals surface area contributed by atoms with E-state index in [0.717, 1.165) is 6.42 Å². The summed E-state index contributed by atoms with van der Waals surface area (Å²) in [6.07, 6.45) is 4.73. The lowest BCUT2D eigenvalue weighted by Crippen LogP contribution is -2.33. The summed E-state index contributed by atoms with van der Waals surface area (Å²) < 4.78 is 42.6. The highest BCUT2D eigenvalue weighted by Crippen LogP contribution is 2.30. The highest BCUT2D eigenvalue weighted by atomic mass is 32.2. The van der Waals surface area contributed by atoms with E-state index in [4.69, 9.17) is 0 Å². The molecule has 0 aliphatic carbocycles. The molecule has 3 aromatic heterocycles. The number of rotatable bonds is 9. The van der Waals surface area contributed by atoms with E-state index in [1.807, 2.05) is 13.8 Å². The van der Waals surface area contributed by atoms with Gasteiger partial charge in [-0.2, -0.15) is 14.6 Å². The van der Waals surface area contributed by atoms with E-state index in [0.29, 0.717) is 41.5 Å². The van der Waals surface area contributed by atoms with Gasteiger partial charge in [-0.15, -0.1) is 0 Å². The Morgan fingerprint density at radius 2 is 1.93 bits per heavy atom. The average molecular weight is 562 g/mol. The average Bonchev–Trinajstić information content (AvgIpc) is 2.95. The highest BCUT2D eigenvalue weighted by Gasteiger charge is 2.32. The summed E-state index contributed by atoms with van der Waals surface area (Å²) in [6, 6.07) is 12.4. The van der Waals surface area contributed by atoms with Crippen molar-refractivity contribution in [2.24, 2.45) is 0 Å². The van der Waals surface area contributed by atoms with Gasteiger partial charge in [0.2, 0.25) is 26.6 Å². The molecular formula is C29H28FN5O4S. The first kappa shape index (κ1) is 28.6. The Kier molecular flexibility index (Phi) is 8.40. The summed E-state index contributed by atoms with van der Waals surface area (Å²) in [5.74, 6) is -1.30. The molecule has 0 saturated heterocycles. The maximum atomic E-state index is 13.9. The number of aryl methyl sites for hydroxylation is 1. The molecule has 9 nitrogen and oxygen atoms in total. The smallest absolute Gasteiger partial charge is 0.277 e. The van der Waals surface area contributed by atoms with Crippen LogP contribution in [0.25, 0.3) is 11.1 Å². The van der Waals surface area contributed by atoms with Crippen molar-refractivity contribution in [1.29, 1.82) is 5.26 Å². The van der Waals surface area contributed by atoms with Crippen molar-refractivity contribution in [3.05, 3.63) is 93.7 Å². The number of pyridine rings is 2. The highest BCUT2D eigenvalue weighted by molar-refractivity contribution is 7.91. The standard InChI is InChI=1S/C29H28FN5O4S/c1-4-6-10-24-34-28(36)26(29(37)35(24)23(5-2)20-9-7-8-19(15-20)16-31)40(38,39)25-12-11-21(17-33-25)22-13-14-32-27(30)18(22)3/h7-9,11-15,17,23,36H,4-6,10H2,1-3H3. The number of aromatic nitrogens is 4. The van der Waals surface area contributed by atoms with Gasteiger partial charge in [-0.3, -0.25) is 9.36 Å². The molecule has 1 aromatic carbocycles. The van der Waals surface area contributed by atoms with E-state index < -0.39 is 43.2 Å². The maximum Gasteiger partial charge on any atom is 0.277 e. The number of nitriles is 1. The summed E-state index contributed by atoms with van der Waals surface area (Å²) in [7, 11) is -4.61. The molecule has 0 saturated carbocycles. The van der Waals surface area contributed by atoms with Crippen LogP contribution >= 0.6 is 0 Å². The first-order valence-electron chi connectivity index (χ1n) is 12.8. The summed E-state index contributed by atoms with van der Waals surface area (Å²) in [4.78, 5) is 24.9. The third-order valence-electron chi connectivity index (χ3n) is 6.72. The number of benzene rings is 1. The van der Waals surface area contributed by atoms with Crippen LogP contribution in [0, 0.1) is 24.2 Å². The van der Waals surface area contributed by atoms with Gasteiger partial charge in [0.25, 0.3) is 5.56 Å². The molecule has 4 aromatic rings. The summed E-state index contributed by atoms with van der Waals surface area (Å²) >= 11 is 0. The SMILES string of the molecule is CCCCc1nc(O)c(S(=O)(=O)c2ccc(-c3ccnc(F)c3C)cn2)c(=O)n1C(CC)c1cccc(C#N)c1. The zero-order valence-electron chi connectivity index (χ0n) is 22.3. The number of hydrogen-bond donors (Lipinski definition) is 1. The Morgan fingerprint density at radius 1 is 1.15 bits per heavy atom. The van der Waals surface area contributed by atoms with E-state index in [1.165, 1.54) is 29.1 Å². The zero-order valence-corrected chi connectivity index (χ0v) is 23.1. The Hall–Kier alpha value is -4.43. The van der Waals surface area contributed by atoms with Crippen molar-refractivity contribution in [3.63, 3.8) is 0 Å². The first-order valence-corrected chi connectivity index (χ1v) is 14.3. The molecule has 11 heteroatoms. The molecule has 0 radical (unpaired) electrons. The van der Waals surface area contributed by atoms with Gasteiger partial charge in [0.05, 0.1) is 17.7 Å². The van der Waals surface area contributed by atoms with Crippen LogP contribution in [-0.4, -0.2) is 33.0 Å². The second kappa shape index (κ2) is 11.8. The van der Waals surface area contributed by atoms with E-state index in [1.54, 1.807) is 37.3 Å². The van der Waals surface area contributed by atoms with E-state index >= 15 is 0 Å². The van der Waals surface area contributed by atoms with Gasteiger partial charge < -0.3 is 5.11 Å². The molecule has 206 valence electrons. The van der Waals surface area contributed by atoms with E-state index in [-0.39, 0.29) is 11.4 Å². The molecule has 4 rings (SSSR count). The van der Waals surface area contributed by atoms with Crippen LogP contribution in [0.4, 0.5) is 4.39 Å². The predicted molar refractivity (Wildman–Crippen MR) is 146 cm³/mol. The third kappa shape index (κ3) is 5.35. The number of aromatic hydroxyl groups is 1. The predicted octanol–water partition coefficient (Wildman–Crippen LogP) is 4.90. The van der Waals surface area contributed by atoms with Gasteiger partial charge in [0.15, 0.2) is 5.03 Å². The maximum absolute atomic E-state index is 13.9. The van der Waals surface area contributed by atoms with Crippen molar-refractivity contribution in [2.75, 3.05) is 0 Å². The van der Waals surface area contributed by atoms with Crippen LogP contribution in [0.15, 0.2) is 69.6 Å². The molecule has 1 unspecified atom stereocenters. The molecule has 0 aliphatic rings. The Balaban J connectivity index is 1.88. The molecule has 0 aliphatic heterocycles. The minimum Gasteiger partial charge on any atom is -0.492 e. The second-order valence-corrected chi connectivity index (χ2v) is 11.1. The lowest BCUT2D eigenvalue weighted by atomic mass is 10.0. The van der Waals surface area contributed by atoms with Gasteiger partial charge >= 0.3 is 0 Å². The number of nitrogens with zero attached hydrogens (tertiary/aromatic N) is 5. The third-order valence-corrected chi connectivity index (χ3v) is 8.40. The number of unbranched alkanes of at least 4 members (excludes halogenated alkanes) is 1. The fraction of sp³-hybridized carbons (Fsp3) is 0.276. The zero-order chi connectivity index (χ0) is 29.0. The van der Waals surface area contributed by atoms with Crippen molar-refractivity contribution in [2.45, 2.75) is 62.4 Å². The van der Waals surface area contributed by atoms with Crippen LogP contribution in [0.1, 0.15) is 61.7 Å².